The molecule has 150 valence electrons. The second-order valence-corrected chi connectivity index (χ2v) is 8.60. The number of hydrogen-bond donors (Lipinski definition) is 0. The van der Waals surface area contributed by atoms with Crippen LogP contribution in [0.2, 0.25) is 0 Å². The molecular formula is C21H28N4O3. The number of fused-ring (bicyclic) bond motifs is 1. The van der Waals surface area contributed by atoms with Crippen molar-refractivity contribution < 1.29 is 14.2 Å². The smallest absolute Gasteiger partial charge is 0.225 e. The van der Waals surface area contributed by atoms with Crippen LogP contribution in [-0.4, -0.2) is 64.4 Å². The molecule has 3 aliphatic rings. The van der Waals surface area contributed by atoms with Crippen molar-refractivity contribution in [3.8, 4) is 0 Å². The fraction of sp³-hybridized carbons (Fsp3) is 0.667. The van der Waals surface area contributed by atoms with Gasteiger partial charge in [-0.3, -0.25) is 9.69 Å². The molecule has 0 bridgehead atoms. The molecule has 28 heavy (non-hydrogen) atoms. The number of likely N-dealkylation sites (tertiary alicyclic amines) is 1. The summed E-state index contributed by atoms with van der Waals surface area (Å²) in [5, 5.41) is 8.01. The summed E-state index contributed by atoms with van der Waals surface area (Å²) in [6, 6.07) is 6.02. The number of rotatable bonds is 3. The van der Waals surface area contributed by atoms with E-state index in [9.17, 15) is 4.79 Å². The highest BCUT2D eigenvalue weighted by molar-refractivity contribution is 5.79. The van der Waals surface area contributed by atoms with E-state index in [0.29, 0.717) is 5.91 Å². The van der Waals surface area contributed by atoms with Gasteiger partial charge in [0.2, 0.25) is 5.91 Å². The average Bonchev–Trinajstić information content (AvgIpc) is 3.41. The van der Waals surface area contributed by atoms with Gasteiger partial charge >= 0.3 is 0 Å². The fourth-order valence-electron chi connectivity index (χ4n) is 5.16. The predicted octanol–water partition coefficient (Wildman–Crippen LogP) is 2.61. The first-order valence-corrected chi connectivity index (χ1v) is 10.6. The third-order valence-corrected chi connectivity index (χ3v) is 6.78. The predicted molar refractivity (Wildman–Crippen MR) is 104 cm³/mol. The maximum absolute atomic E-state index is 12.7. The maximum atomic E-state index is 12.7. The van der Waals surface area contributed by atoms with E-state index in [-0.39, 0.29) is 11.5 Å². The standard InChI is InChI=1S/C21H28N4O3/c26-20(16-4-1-2-5-16)25-10-8-21(9-11-25)15-24(12-13-27-21)14-17-6-3-7-18-19(17)23-28-22-18/h3,6-7,16H,1-2,4-5,8-15H2. The largest absolute Gasteiger partial charge is 0.372 e. The minimum absolute atomic E-state index is 0.124. The quantitative estimate of drug-likeness (QED) is 0.810. The number of nitrogens with zero attached hydrogens (tertiary/aromatic N) is 4. The average molecular weight is 384 g/mol. The highest BCUT2D eigenvalue weighted by atomic mass is 16.6. The highest BCUT2D eigenvalue weighted by Gasteiger charge is 2.41. The van der Waals surface area contributed by atoms with Crippen LogP contribution in [-0.2, 0) is 16.1 Å². The minimum atomic E-state index is -0.124. The van der Waals surface area contributed by atoms with Crippen molar-refractivity contribution in [2.24, 2.45) is 5.92 Å². The Morgan fingerprint density at radius 1 is 1.14 bits per heavy atom. The third kappa shape index (κ3) is 3.42. The lowest BCUT2D eigenvalue weighted by Crippen LogP contribution is -2.57. The van der Waals surface area contributed by atoms with Crippen LogP contribution in [0.15, 0.2) is 22.8 Å². The van der Waals surface area contributed by atoms with E-state index in [1.807, 2.05) is 12.1 Å². The number of carbonyl (C=O) groups excluding carboxylic acids is 1. The van der Waals surface area contributed by atoms with Crippen molar-refractivity contribution in [1.82, 2.24) is 20.1 Å². The summed E-state index contributed by atoms with van der Waals surface area (Å²) in [6.45, 7) is 5.02. The molecule has 1 aromatic heterocycles. The Kier molecular flexibility index (Phi) is 4.80. The summed E-state index contributed by atoms with van der Waals surface area (Å²) in [5.41, 5.74) is 2.67. The molecule has 7 heteroatoms. The van der Waals surface area contributed by atoms with Crippen LogP contribution in [0.25, 0.3) is 11.0 Å². The van der Waals surface area contributed by atoms with Crippen molar-refractivity contribution in [1.29, 1.82) is 0 Å². The monoisotopic (exact) mass is 384 g/mol. The molecule has 1 saturated carbocycles. The first-order valence-electron chi connectivity index (χ1n) is 10.6. The Balaban J connectivity index is 1.22. The molecule has 0 N–H and O–H groups in total. The van der Waals surface area contributed by atoms with Crippen molar-refractivity contribution >= 4 is 16.9 Å². The van der Waals surface area contributed by atoms with E-state index >= 15 is 0 Å². The first-order chi connectivity index (χ1) is 13.7. The molecule has 1 aromatic carbocycles. The zero-order valence-corrected chi connectivity index (χ0v) is 16.3. The van der Waals surface area contributed by atoms with Gasteiger partial charge in [0.15, 0.2) is 0 Å². The fourth-order valence-corrected chi connectivity index (χ4v) is 5.16. The van der Waals surface area contributed by atoms with Gasteiger partial charge in [0, 0.05) is 38.6 Å². The number of ether oxygens (including phenoxy) is 1. The molecule has 7 nitrogen and oxygen atoms in total. The van der Waals surface area contributed by atoms with E-state index < -0.39 is 0 Å². The summed E-state index contributed by atoms with van der Waals surface area (Å²) in [4.78, 5) is 17.3. The van der Waals surface area contributed by atoms with Crippen molar-refractivity contribution in [3.05, 3.63) is 23.8 Å². The molecule has 3 heterocycles. The Bertz CT molecular complexity index is 837. The molecule has 2 saturated heterocycles. The van der Waals surface area contributed by atoms with Crippen molar-refractivity contribution in [2.75, 3.05) is 32.8 Å². The van der Waals surface area contributed by atoms with Gasteiger partial charge in [-0.15, -0.1) is 0 Å². The van der Waals surface area contributed by atoms with Gasteiger partial charge < -0.3 is 9.64 Å². The highest BCUT2D eigenvalue weighted by Crippen LogP contribution is 2.33. The Morgan fingerprint density at radius 3 is 2.79 bits per heavy atom. The summed E-state index contributed by atoms with van der Waals surface area (Å²) >= 11 is 0. The molecule has 0 radical (unpaired) electrons. The molecule has 3 fully saturated rings. The Hall–Kier alpha value is -1.99. The van der Waals surface area contributed by atoms with Gasteiger partial charge in [0.25, 0.3) is 0 Å². The lowest BCUT2D eigenvalue weighted by molar-refractivity contribution is -0.153. The van der Waals surface area contributed by atoms with Crippen LogP contribution < -0.4 is 0 Å². The number of benzene rings is 1. The lowest BCUT2D eigenvalue weighted by Gasteiger charge is -2.47. The van der Waals surface area contributed by atoms with Crippen LogP contribution in [0.3, 0.4) is 0 Å². The second-order valence-electron chi connectivity index (χ2n) is 8.60. The lowest BCUT2D eigenvalue weighted by atomic mass is 9.88. The summed E-state index contributed by atoms with van der Waals surface area (Å²) in [6.07, 6.45) is 6.43. The van der Waals surface area contributed by atoms with E-state index in [0.717, 1.165) is 81.6 Å². The van der Waals surface area contributed by atoms with E-state index in [4.69, 9.17) is 9.37 Å². The minimum Gasteiger partial charge on any atom is -0.372 e. The van der Waals surface area contributed by atoms with Crippen molar-refractivity contribution in [2.45, 2.75) is 50.7 Å². The SMILES string of the molecule is O=C(C1CCCC1)N1CCC2(CC1)CN(Cc1cccc3nonc13)CCO2. The molecule has 5 rings (SSSR count). The number of carbonyl (C=O) groups is 1. The molecular weight excluding hydrogens is 356 g/mol. The van der Waals surface area contributed by atoms with Gasteiger partial charge in [0.1, 0.15) is 11.0 Å². The van der Waals surface area contributed by atoms with Gasteiger partial charge in [-0.25, -0.2) is 4.63 Å². The van der Waals surface area contributed by atoms with Gasteiger partial charge in [-0.05, 0) is 47.6 Å². The van der Waals surface area contributed by atoms with E-state index in [1.165, 1.54) is 12.8 Å². The maximum Gasteiger partial charge on any atom is 0.225 e. The summed E-state index contributed by atoms with van der Waals surface area (Å²) < 4.78 is 11.2. The molecule has 1 amide bonds. The molecule has 2 aliphatic heterocycles. The number of amides is 1. The molecule has 0 unspecified atom stereocenters. The zero-order chi connectivity index (χ0) is 19.0. The normalized spacial score (nSPS) is 23.6. The van der Waals surface area contributed by atoms with Gasteiger partial charge in [0.05, 0.1) is 12.2 Å². The Morgan fingerprint density at radius 2 is 1.96 bits per heavy atom. The first kappa shape index (κ1) is 18.1. The summed E-state index contributed by atoms with van der Waals surface area (Å²) in [5.74, 6) is 0.652. The molecule has 1 aliphatic carbocycles. The van der Waals surface area contributed by atoms with Crippen molar-refractivity contribution in [3.63, 3.8) is 0 Å². The van der Waals surface area contributed by atoms with Crippen LogP contribution in [0, 0.1) is 5.92 Å². The number of morpholine rings is 1. The van der Waals surface area contributed by atoms with Gasteiger partial charge in [-0.2, -0.15) is 0 Å². The number of hydrogen-bond acceptors (Lipinski definition) is 6. The molecule has 1 spiro atoms. The molecule has 0 atom stereocenters. The number of aromatic nitrogens is 2. The topological polar surface area (TPSA) is 71.7 Å². The van der Waals surface area contributed by atoms with E-state index in [1.54, 1.807) is 0 Å². The zero-order valence-electron chi connectivity index (χ0n) is 16.3. The van der Waals surface area contributed by atoms with Crippen LogP contribution in [0.4, 0.5) is 0 Å². The Labute approximate surface area is 165 Å². The summed E-state index contributed by atoms with van der Waals surface area (Å²) in [7, 11) is 0. The van der Waals surface area contributed by atoms with Gasteiger partial charge in [-0.1, -0.05) is 25.0 Å². The second kappa shape index (κ2) is 7.44. The van der Waals surface area contributed by atoms with Crippen LogP contribution in [0.5, 0.6) is 0 Å². The third-order valence-electron chi connectivity index (χ3n) is 6.78. The van der Waals surface area contributed by atoms with E-state index in [2.05, 4.69) is 26.2 Å². The van der Waals surface area contributed by atoms with Crippen LogP contribution >= 0.6 is 0 Å². The van der Waals surface area contributed by atoms with Crippen LogP contribution in [0.1, 0.15) is 44.1 Å². The molecule has 2 aromatic rings. The number of piperidine rings is 1.